The van der Waals surface area contributed by atoms with Crippen molar-refractivity contribution in [3.8, 4) is 6.07 Å². The number of aliphatic hydroxyl groups is 1. The van der Waals surface area contributed by atoms with Crippen LogP contribution in [0.15, 0.2) is 0 Å². The number of hydrogen-bond donors (Lipinski definition) is 1. The van der Waals surface area contributed by atoms with Gasteiger partial charge in [-0.1, -0.05) is 20.8 Å². The number of hydrogen-bond acceptors (Lipinski definition) is 2. The first-order chi connectivity index (χ1) is 4.88. The summed E-state index contributed by atoms with van der Waals surface area (Å²) in [5.74, 6) is -0.0516. The minimum atomic E-state index is -0.378. The van der Waals surface area contributed by atoms with Gasteiger partial charge in [0.15, 0.2) is 0 Å². The van der Waals surface area contributed by atoms with Crippen molar-refractivity contribution in [2.75, 3.05) is 0 Å². The van der Waals surface area contributed by atoms with Crippen LogP contribution in [-0.4, -0.2) is 11.2 Å². The van der Waals surface area contributed by atoms with E-state index < -0.39 is 0 Å². The molecule has 0 fully saturated rings. The molecule has 0 unspecified atom stereocenters. The van der Waals surface area contributed by atoms with Crippen molar-refractivity contribution in [3.05, 3.63) is 0 Å². The van der Waals surface area contributed by atoms with Crippen molar-refractivity contribution < 1.29 is 5.11 Å². The summed E-state index contributed by atoms with van der Waals surface area (Å²) in [6.45, 7) is 7.75. The summed E-state index contributed by atoms with van der Waals surface area (Å²) in [6.07, 6.45) is 0.192. The van der Waals surface area contributed by atoms with Gasteiger partial charge in [-0.2, -0.15) is 5.26 Å². The van der Waals surface area contributed by atoms with Crippen LogP contribution in [0.3, 0.4) is 0 Å². The molecule has 0 radical (unpaired) electrons. The summed E-state index contributed by atoms with van der Waals surface area (Å²) in [6, 6.07) is 2.11. The van der Waals surface area contributed by atoms with Crippen molar-refractivity contribution in [1.82, 2.24) is 0 Å². The van der Waals surface area contributed by atoms with Crippen LogP contribution in [0.2, 0.25) is 0 Å². The maximum Gasteiger partial charge on any atom is 0.0653 e. The van der Waals surface area contributed by atoms with Crippen LogP contribution < -0.4 is 0 Å². The first-order valence-electron chi connectivity index (χ1n) is 3.95. The average molecular weight is 155 g/mol. The van der Waals surface area contributed by atoms with Gasteiger partial charge >= 0.3 is 0 Å². The molecule has 2 nitrogen and oxygen atoms in total. The van der Waals surface area contributed by atoms with Crippen LogP contribution in [0.1, 0.15) is 34.1 Å². The van der Waals surface area contributed by atoms with Crippen molar-refractivity contribution >= 4 is 0 Å². The summed E-state index contributed by atoms with van der Waals surface area (Å²) in [5.41, 5.74) is -0.106. The molecule has 0 aromatic carbocycles. The number of nitrogens with zero attached hydrogens (tertiary/aromatic N) is 1. The van der Waals surface area contributed by atoms with Crippen LogP contribution in [0.5, 0.6) is 0 Å². The standard InChI is InChI=1S/C9H17NO/c1-7(6-10)5-8(11)9(2,3)4/h7-8,11H,5H2,1-4H3/t7-,8+/m1/s1. The Hall–Kier alpha value is -0.550. The van der Waals surface area contributed by atoms with E-state index in [1.807, 2.05) is 27.7 Å². The lowest BCUT2D eigenvalue weighted by Gasteiger charge is -2.26. The zero-order chi connectivity index (χ0) is 9.07. The zero-order valence-corrected chi connectivity index (χ0v) is 7.76. The average Bonchev–Trinajstić information content (AvgIpc) is 1.85. The molecule has 0 saturated carbocycles. The van der Waals surface area contributed by atoms with Crippen LogP contribution in [0, 0.1) is 22.7 Å². The van der Waals surface area contributed by atoms with Crippen molar-refractivity contribution in [1.29, 1.82) is 5.26 Å². The highest BCUT2D eigenvalue weighted by Gasteiger charge is 2.23. The van der Waals surface area contributed by atoms with Gasteiger partial charge in [0.05, 0.1) is 12.2 Å². The third-order valence-electron chi connectivity index (χ3n) is 1.80. The minimum Gasteiger partial charge on any atom is -0.393 e. The van der Waals surface area contributed by atoms with E-state index in [9.17, 15) is 5.11 Å². The quantitative estimate of drug-likeness (QED) is 0.662. The highest BCUT2D eigenvalue weighted by Crippen LogP contribution is 2.23. The lowest BCUT2D eigenvalue weighted by Crippen LogP contribution is -2.27. The van der Waals surface area contributed by atoms with Crippen molar-refractivity contribution in [2.24, 2.45) is 11.3 Å². The fraction of sp³-hybridized carbons (Fsp3) is 0.889. The predicted molar refractivity (Wildman–Crippen MR) is 44.9 cm³/mol. The van der Waals surface area contributed by atoms with Crippen LogP contribution in [-0.2, 0) is 0 Å². The molecule has 11 heavy (non-hydrogen) atoms. The van der Waals surface area contributed by atoms with E-state index in [0.717, 1.165) is 0 Å². The second-order valence-electron chi connectivity index (χ2n) is 4.15. The van der Waals surface area contributed by atoms with Gasteiger partial charge in [-0.3, -0.25) is 0 Å². The number of nitriles is 1. The molecule has 0 saturated heterocycles. The Morgan fingerprint density at radius 1 is 1.45 bits per heavy atom. The van der Waals surface area contributed by atoms with Gasteiger partial charge in [0.1, 0.15) is 0 Å². The molecule has 64 valence electrons. The molecule has 0 aromatic rings. The third-order valence-corrected chi connectivity index (χ3v) is 1.80. The SMILES string of the molecule is C[C@@H](C#N)C[C@H](O)C(C)(C)C. The smallest absolute Gasteiger partial charge is 0.0653 e. The Kier molecular flexibility index (Phi) is 3.54. The molecule has 2 atom stereocenters. The second kappa shape index (κ2) is 3.73. The van der Waals surface area contributed by atoms with E-state index in [-0.39, 0.29) is 17.4 Å². The molecule has 0 aliphatic carbocycles. The van der Waals surface area contributed by atoms with Crippen molar-refractivity contribution in [3.63, 3.8) is 0 Å². The summed E-state index contributed by atoms with van der Waals surface area (Å²) >= 11 is 0. The van der Waals surface area contributed by atoms with Crippen LogP contribution in [0.25, 0.3) is 0 Å². The summed E-state index contributed by atoms with van der Waals surface area (Å²) in [4.78, 5) is 0. The first kappa shape index (κ1) is 10.4. The van der Waals surface area contributed by atoms with Crippen LogP contribution in [0.4, 0.5) is 0 Å². The highest BCUT2D eigenvalue weighted by atomic mass is 16.3. The van der Waals surface area contributed by atoms with Gasteiger partial charge < -0.3 is 5.11 Å². The van der Waals surface area contributed by atoms with E-state index in [1.165, 1.54) is 0 Å². The second-order valence-corrected chi connectivity index (χ2v) is 4.15. The Labute approximate surface area is 68.8 Å². The van der Waals surface area contributed by atoms with Gasteiger partial charge in [0, 0.05) is 5.92 Å². The molecule has 1 N–H and O–H groups in total. The number of aliphatic hydroxyl groups excluding tert-OH is 1. The van der Waals surface area contributed by atoms with Gasteiger partial charge in [-0.25, -0.2) is 0 Å². The summed E-state index contributed by atoms with van der Waals surface area (Å²) in [5, 5.41) is 18.0. The fourth-order valence-corrected chi connectivity index (χ4v) is 0.741. The fourth-order valence-electron chi connectivity index (χ4n) is 0.741. The highest BCUT2D eigenvalue weighted by molar-refractivity contribution is 4.84. The molecule has 0 heterocycles. The number of rotatable bonds is 2. The Balaban J connectivity index is 3.90. The molecule has 2 heteroatoms. The topological polar surface area (TPSA) is 44.0 Å². The lowest BCUT2D eigenvalue weighted by molar-refractivity contribution is 0.0486. The van der Waals surface area contributed by atoms with E-state index in [0.29, 0.717) is 6.42 Å². The monoisotopic (exact) mass is 155 g/mol. The Morgan fingerprint density at radius 3 is 2.18 bits per heavy atom. The van der Waals surface area contributed by atoms with Crippen LogP contribution >= 0.6 is 0 Å². The van der Waals surface area contributed by atoms with Crippen molar-refractivity contribution in [2.45, 2.75) is 40.2 Å². The molecule has 0 spiro atoms. The predicted octanol–water partition coefficient (Wildman–Crippen LogP) is 1.94. The van der Waals surface area contributed by atoms with Gasteiger partial charge in [0.2, 0.25) is 0 Å². The third kappa shape index (κ3) is 4.00. The van der Waals surface area contributed by atoms with Gasteiger partial charge in [0.25, 0.3) is 0 Å². The Morgan fingerprint density at radius 2 is 1.91 bits per heavy atom. The largest absolute Gasteiger partial charge is 0.393 e. The molecule has 0 amide bonds. The lowest BCUT2D eigenvalue weighted by atomic mass is 9.84. The molecular weight excluding hydrogens is 138 g/mol. The van der Waals surface area contributed by atoms with Gasteiger partial charge in [-0.15, -0.1) is 0 Å². The molecule has 0 rings (SSSR count). The molecule has 0 bridgehead atoms. The zero-order valence-electron chi connectivity index (χ0n) is 7.76. The maximum atomic E-state index is 9.54. The normalized spacial score (nSPS) is 17.1. The van der Waals surface area contributed by atoms with E-state index in [4.69, 9.17) is 5.26 Å². The van der Waals surface area contributed by atoms with E-state index in [1.54, 1.807) is 0 Å². The van der Waals surface area contributed by atoms with E-state index in [2.05, 4.69) is 6.07 Å². The summed E-state index contributed by atoms with van der Waals surface area (Å²) in [7, 11) is 0. The Bertz CT molecular complexity index is 152. The van der Waals surface area contributed by atoms with Gasteiger partial charge in [-0.05, 0) is 18.8 Å². The molecule has 0 aromatic heterocycles. The first-order valence-corrected chi connectivity index (χ1v) is 3.95. The summed E-state index contributed by atoms with van der Waals surface area (Å²) < 4.78 is 0. The van der Waals surface area contributed by atoms with E-state index >= 15 is 0 Å². The molecule has 0 aliphatic heterocycles. The maximum absolute atomic E-state index is 9.54. The molecule has 0 aliphatic rings. The minimum absolute atomic E-state index is 0.0516. The molecular formula is C9H17NO.